The van der Waals surface area contributed by atoms with Crippen LogP contribution in [0.4, 0.5) is 11.4 Å². The standard InChI is InChI=1S/C15H13N5O2/c16-13(21)12-10(2-1-4-17-12)20-6-7-22-15-11(20)8-9-3-5-18-14(9)19-15/h1-5,8H,6-7H2,(H2,16,21)(H,18,19). The minimum absolute atomic E-state index is 0.240. The third kappa shape index (κ3) is 1.86. The Morgan fingerprint density at radius 1 is 1.36 bits per heavy atom. The van der Waals surface area contributed by atoms with Gasteiger partial charge in [0.15, 0.2) is 5.69 Å². The Balaban J connectivity index is 1.90. The number of nitrogens with zero attached hydrogens (tertiary/aromatic N) is 3. The van der Waals surface area contributed by atoms with Gasteiger partial charge in [0.05, 0.1) is 12.2 Å². The second-order valence-corrected chi connectivity index (χ2v) is 4.96. The molecule has 0 fully saturated rings. The van der Waals surface area contributed by atoms with Gasteiger partial charge in [-0.1, -0.05) is 0 Å². The molecular weight excluding hydrogens is 282 g/mol. The van der Waals surface area contributed by atoms with Crippen LogP contribution in [0.5, 0.6) is 5.88 Å². The number of aromatic amines is 1. The largest absolute Gasteiger partial charge is 0.474 e. The molecule has 4 heterocycles. The Bertz CT molecular complexity index is 873. The molecule has 1 amide bonds. The third-order valence-electron chi connectivity index (χ3n) is 3.64. The van der Waals surface area contributed by atoms with Gasteiger partial charge in [-0.2, -0.15) is 4.98 Å². The van der Waals surface area contributed by atoms with Crippen LogP contribution in [0.2, 0.25) is 0 Å². The molecule has 0 unspecified atom stereocenters. The normalized spacial score (nSPS) is 13.7. The molecule has 3 aromatic rings. The molecule has 3 aromatic heterocycles. The van der Waals surface area contributed by atoms with Gasteiger partial charge < -0.3 is 20.4 Å². The van der Waals surface area contributed by atoms with Crippen molar-refractivity contribution >= 4 is 28.3 Å². The van der Waals surface area contributed by atoms with Crippen LogP contribution in [0.25, 0.3) is 11.0 Å². The number of ether oxygens (including phenoxy) is 1. The number of anilines is 2. The minimum Gasteiger partial charge on any atom is -0.474 e. The summed E-state index contributed by atoms with van der Waals surface area (Å²) in [6.45, 7) is 1.07. The highest BCUT2D eigenvalue weighted by atomic mass is 16.5. The first kappa shape index (κ1) is 12.6. The van der Waals surface area contributed by atoms with Gasteiger partial charge in [-0.05, 0) is 24.3 Å². The van der Waals surface area contributed by atoms with E-state index in [4.69, 9.17) is 10.5 Å². The number of carbonyl (C=O) groups excluding carboxylic acids is 1. The summed E-state index contributed by atoms with van der Waals surface area (Å²) in [5.41, 5.74) is 7.90. The van der Waals surface area contributed by atoms with E-state index in [0.717, 1.165) is 16.7 Å². The number of carbonyl (C=O) groups is 1. The molecule has 4 rings (SSSR count). The van der Waals surface area contributed by atoms with Crippen LogP contribution in [-0.2, 0) is 0 Å². The third-order valence-corrected chi connectivity index (χ3v) is 3.64. The maximum Gasteiger partial charge on any atom is 0.269 e. The SMILES string of the molecule is NC(=O)c1ncccc1N1CCOc2nc3[nH]ccc3cc21. The molecule has 0 radical (unpaired) electrons. The molecule has 1 aliphatic rings. The van der Waals surface area contributed by atoms with E-state index in [-0.39, 0.29) is 5.69 Å². The number of aromatic nitrogens is 3. The van der Waals surface area contributed by atoms with Crippen LogP contribution in [0.15, 0.2) is 36.7 Å². The highest BCUT2D eigenvalue weighted by Gasteiger charge is 2.25. The van der Waals surface area contributed by atoms with Gasteiger partial charge in [0.2, 0.25) is 5.88 Å². The van der Waals surface area contributed by atoms with E-state index in [1.807, 2.05) is 29.3 Å². The second-order valence-electron chi connectivity index (χ2n) is 4.96. The van der Waals surface area contributed by atoms with Crippen molar-refractivity contribution in [3.8, 4) is 5.88 Å². The molecule has 1 aliphatic heterocycles. The Kier molecular flexibility index (Phi) is 2.72. The topological polar surface area (TPSA) is 97.1 Å². The van der Waals surface area contributed by atoms with Crippen LogP contribution in [0.3, 0.4) is 0 Å². The van der Waals surface area contributed by atoms with E-state index in [1.54, 1.807) is 12.3 Å². The van der Waals surface area contributed by atoms with Gasteiger partial charge in [0, 0.05) is 17.8 Å². The van der Waals surface area contributed by atoms with E-state index in [1.165, 1.54) is 0 Å². The first-order chi connectivity index (χ1) is 10.7. The zero-order valence-corrected chi connectivity index (χ0v) is 11.6. The Hall–Kier alpha value is -3.09. The number of nitrogens with one attached hydrogen (secondary N) is 1. The maximum absolute atomic E-state index is 11.6. The van der Waals surface area contributed by atoms with Gasteiger partial charge in [0.1, 0.15) is 17.9 Å². The summed E-state index contributed by atoms with van der Waals surface area (Å²) >= 11 is 0. The van der Waals surface area contributed by atoms with Crippen LogP contribution in [0.1, 0.15) is 10.5 Å². The van der Waals surface area contributed by atoms with Gasteiger partial charge in [-0.15, -0.1) is 0 Å². The Morgan fingerprint density at radius 2 is 2.27 bits per heavy atom. The van der Waals surface area contributed by atoms with Crippen LogP contribution in [-0.4, -0.2) is 34.0 Å². The van der Waals surface area contributed by atoms with Crippen LogP contribution in [0, 0.1) is 0 Å². The molecular formula is C15H13N5O2. The van der Waals surface area contributed by atoms with Gasteiger partial charge in [-0.3, -0.25) is 4.79 Å². The number of H-pyrrole nitrogens is 1. The highest BCUT2D eigenvalue weighted by Crippen LogP contribution is 2.37. The quantitative estimate of drug-likeness (QED) is 0.748. The lowest BCUT2D eigenvalue weighted by Gasteiger charge is -2.31. The summed E-state index contributed by atoms with van der Waals surface area (Å²) in [5, 5.41) is 0.971. The summed E-state index contributed by atoms with van der Waals surface area (Å²) in [5.74, 6) is -0.0280. The molecule has 0 saturated heterocycles. The van der Waals surface area contributed by atoms with Crippen molar-refractivity contribution in [2.75, 3.05) is 18.1 Å². The number of pyridine rings is 2. The van der Waals surface area contributed by atoms with Crippen molar-refractivity contribution in [1.29, 1.82) is 0 Å². The van der Waals surface area contributed by atoms with E-state index < -0.39 is 5.91 Å². The number of nitrogens with two attached hydrogens (primary N) is 1. The Morgan fingerprint density at radius 3 is 3.14 bits per heavy atom. The molecule has 0 spiro atoms. The maximum atomic E-state index is 11.6. The van der Waals surface area contributed by atoms with Crippen molar-refractivity contribution in [1.82, 2.24) is 15.0 Å². The number of rotatable bonds is 2. The van der Waals surface area contributed by atoms with Crippen LogP contribution < -0.4 is 15.4 Å². The molecule has 22 heavy (non-hydrogen) atoms. The number of hydrogen-bond acceptors (Lipinski definition) is 5. The lowest BCUT2D eigenvalue weighted by molar-refractivity contribution is 0.0996. The van der Waals surface area contributed by atoms with E-state index in [2.05, 4.69) is 15.0 Å². The first-order valence-corrected chi connectivity index (χ1v) is 6.87. The monoisotopic (exact) mass is 295 g/mol. The summed E-state index contributed by atoms with van der Waals surface area (Å²) in [4.78, 5) is 25.2. The first-order valence-electron chi connectivity index (χ1n) is 6.87. The molecule has 0 aliphatic carbocycles. The fraction of sp³-hybridized carbons (Fsp3) is 0.133. The highest BCUT2D eigenvalue weighted by molar-refractivity contribution is 5.98. The number of primary amides is 1. The smallest absolute Gasteiger partial charge is 0.269 e. The second kappa shape index (κ2) is 4.73. The summed E-state index contributed by atoms with van der Waals surface area (Å²) in [6.07, 6.45) is 3.38. The van der Waals surface area contributed by atoms with Crippen molar-refractivity contribution in [2.24, 2.45) is 5.73 Å². The summed E-state index contributed by atoms with van der Waals surface area (Å²) < 4.78 is 5.64. The minimum atomic E-state index is -0.556. The average Bonchev–Trinajstić information content (AvgIpc) is 2.99. The van der Waals surface area contributed by atoms with Crippen molar-refractivity contribution in [3.63, 3.8) is 0 Å². The van der Waals surface area contributed by atoms with Crippen molar-refractivity contribution < 1.29 is 9.53 Å². The van der Waals surface area contributed by atoms with E-state index in [9.17, 15) is 4.79 Å². The number of hydrogen-bond donors (Lipinski definition) is 2. The van der Waals surface area contributed by atoms with Crippen molar-refractivity contribution in [2.45, 2.75) is 0 Å². The number of amides is 1. The summed E-state index contributed by atoms with van der Waals surface area (Å²) in [7, 11) is 0. The van der Waals surface area contributed by atoms with Crippen LogP contribution >= 0.6 is 0 Å². The molecule has 3 N–H and O–H groups in total. The lowest BCUT2D eigenvalue weighted by atomic mass is 10.2. The predicted octanol–water partition coefficient (Wildman–Crippen LogP) is 1.59. The van der Waals surface area contributed by atoms with Gasteiger partial charge in [-0.25, -0.2) is 4.98 Å². The Labute approximate surface area is 125 Å². The zero-order valence-electron chi connectivity index (χ0n) is 11.6. The number of fused-ring (bicyclic) bond motifs is 2. The fourth-order valence-corrected chi connectivity index (χ4v) is 2.66. The molecule has 7 nitrogen and oxygen atoms in total. The molecule has 0 bridgehead atoms. The molecule has 0 aromatic carbocycles. The predicted molar refractivity (Wildman–Crippen MR) is 81.3 cm³/mol. The molecule has 7 heteroatoms. The molecule has 0 saturated carbocycles. The molecule has 110 valence electrons. The zero-order chi connectivity index (χ0) is 15.1. The fourth-order valence-electron chi connectivity index (χ4n) is 2.66. The van der Waals surface area contributed by atoms with Gasteiger partial charge >= 0.3 is 0 Å². The lowest BCUT2D eigenvalue weighted by Crippen LogP contribution is -2.31. The van der Waals surface area contributed by atoms with E-state index in [0.29, 0.717) is 24.7 Å². The average molecular weight is 295 g/mol. The van der Waals surface area contributed by atoms with Gasteiger partial charge in [0.25, 0.3) is 5.91 Å². The van der Waals surface area contributed by atoms with Crippen molar-refractivity contribution in [3.05, 3.63) is 42.4 Å². The molecule has 0 atom stereocenters. The van der Waals surface area contributed by atoms with E-state index >= 15 is 0 Å². The summed E-state index contributed by atoms with van der Waals surface area (Å²) in [6, 6.07) is 7.52.